The zero-order valence-corrected chi connectivity index (χ0v) is 16.7. The summed E-state index contributed by atoms with van der Waals surface area (Å²) < 4.78 is 23.6. The summed E-state index contributed by atoms with van der Waals surface area (Å²) >= 11 is 0. The summed E-state index contributed by atoms with van der Waals surface area (Å²) in [6.07, 6.45) is 0.658. The van der Waals surface area contributed by atoms with E-state index in [-0.39, 0.29) is 31.0 Å². The Morgan fingerprint density at radius 2 is 1.97 bits per heavy atom. The second-order valence-electron chi connectivity index (χ2n) is 6.92. The van der Waals surface area contributed by atoms with Gasteiger partial charge in [-0.15, -0.1) is 0 Å². The summed E-state index contributed by atoms with van der Waals surface area (Å²) in [5, 5.41) is 8.96. The zero-order chi connectivity index (χ0) is 21.6. The summed E-state index contributed by atoms with van der Waals surface area (Å²) in [6.45, 7) is 0.253. The molecule has 8 nitrogen and oxygen atoms in total. The van der Waals surface area contributed by atoms with Gasteiger partial charge in [0, 0.05) is 25.7 Å². The van der Waals surface area contributed by atoms with Gasteiger partial charge >= 0.3 is 11.9 Å². The van der Waals surface area contributed by atoms with Crippen LogP contribution in [0.1, 0.15) is 24.0 Å². The number of likely N-dealkylation sites (N-methyl/N-ethyl adjacent to an activating group) is 1. The molecule has 0 aromatic heterocycles. The van der Waals surface area contributed by atoms with Crippen molar-refractivity contribution in [2.24, 2.45) is 5.92 Å². The van der Waals surface area contributed by atoms with E-state index in [4.69, 9.17) is 14.7 Å². The maximum Gasteiger partial charge on any atom is 0.323 e. The van der Waals surface area contributed by atoms with Gasteiger partial charge < -0.3 is 14.4 Å². The molecule has 0 N–H and O–H groups in total. The smallest absolute Gasteiger partial charge is 0.323 e. The molecule has 1 aromatic rings. The molecule has 0 bridgehead atoms. The molecular formula is C20H24FN3O5. The lowest BCUT2D eigenvalue weighted by molar-refractivity contribution is -0.155. The average molecular weight is 405 g/mol. The van der Waals surface area contributed by atoms with Gasteiger partial charge in [0.05, 0.1) is 38.3 Å². The Morgan fingerprint density at radius 1 is 1.28 bits per heavy atom. The number of methoxy groups -OCH3 is 2. The number of hydrogen-bond donors (Lipinski definition) is 0. The first kappa shape index (κ1) is 22.3. The van der Waals surface area contributed by atoms with Crippen LogP contribution in [0.3, 0.4) is 0 Å². The predicted octanol–water partition coefficient (Wildman–Crippen LogP) is 1.08. The number of nitriles is 1. The van der Waals surface area contributed by atoms with Crippen LogP contribution in [0.15, 0.2) is 18.2 Å². The third kappa shape index (κ3) is 5.51. The maximum atomic E-state index is 14.0. The fourth-order valence-electron chi connectivity index (χ4n) is 3.37. The van der Waals surface area contributed by atoms with E-state index in [0.717, 1.165) is 0 Å². The van der Waals surface area contributed by atoms with Gasteiger partial charge in [-0.25, -0.2) is 4.39 Å². The zero-order valence-electron chi connectivity index (χ0n) is 16.7. The van der Waals surface area contributed by atoms with Crippen molar-refractivity contribution in [3.05, 3.63) is 35.1 Å². The second kappa shape index (κ2) is 9.98. The molecule has 1 aliphatic heterocycles. The Balaban J connectivity index is 2.06. The first-order valence-corrected chi connectivity index (χ1v) is 9.12. The van der Waals surface area contributed by atoms with Crippen molar-refractivity contribution in [1.29, 1.82) is 5.26 Å². The summed E-state index contributed by atoms with van der Waals surface area (Å²) in [6, 6.07) is 5.16. The lowest BCUT2D eigenvalue weighted by Crippen LogP contribution is -2.52. The third-order valence-corrected chi connectivity index (χ3v) is 5.07. The second-order valence-corrected chi connectivity index (χ2v) is 6.92. The first-order valence-electron chi connectivity index (χ1n) is 9.12. The van der Waals surface area contributed by atoms with Crippen LogP contribution in [0.25, 0.3) is 0 Å². The Labute approximate surface area is 168 Å². The summed E-state index contributed by atoms with van der Waals surface area (Å²) in [5.74, 6) is -2.18. The molecular weight excluding hydrogens is 381 g/mol. The van der Waals surface area contributed by atoms with Gasteiger partial charge in [-0.05, 0) is 31.0 Å². The standard InChI is InChI=1S/C20H24FN3O5/c1-23(11-15-8-13(10-22)4-5-16(15)21)18(25)12-24-7-6-14(19(26)28-2)9-17(24)20(27)29-3/h4-5,8,14,17H,6-7,9,11-12H2,1-3H3/t14-,17-/m1/s1. The lowest BCUT2D eigenvalue weighted by atomic mass is 9.90. The van der Waals surface area contributed by atoms with Crippen LogP contribution >= 0.6 is 0 Å². The van der Waals surface area contributed by atoms with E-state index >= 15 is 0 Å². The molecule has 2 rings (SSSR count). The van der Waals surface area contributed by atoms with Crippen molar-refractivity contribution in [2.75, 3.05) is 34.4 Å². The molecule has 1 amide bonds. The van der Waals surface area contributed by atoms with E-state index in [2.05, 4.69) is 0 Å². The van der Waals surface area contributed by atoms with E-state index in [1.165, 1.54) is 44.4 Å². The first-order chi connectivity index (χ1) is 13.8. The minimum absolute atomic E-state index is 0.0122. The number of halogens is 1. The van der Waals surface area contributed by atoms with E-state index in [1.807, 2.05) is 6.07 Å². The molecule has 1 heterocycles. The van der Waals surface area contributed by atoms with Gasteiger partial charge in [0.25, 0.3) is 0 Å². The SMILES string of the molecule is COC(=O)[C@@H]1CCN(CC(=O)N(C)Cc2cc(C#N)ccc2F)[C@@H](C(=O)OC)C1. The van der Waals surface area contributed by atoms with E-state index in [1.54, 1.807) is 4.90 Å². The number of amides is 1. The highest BCUT2D eigenvalue weighted by atomic mass is 19.1. The largest absolute Gasteiger partial charge is 0.469 e. The summed E-state index contributed by atoms with van der Waals surface area (Å²) in [7, 11) is 4.07. The van der Waals surface area contributed by atoms with Crippen molar-refractivity contribution in [3.8, 4) is 6.07 Å². The van der Waals surface area contributed by atoms with Crippen LogP contribution in [0.4, 0.5) is 4.39 Å². The Hall–Kier alpha value is -2.99. The molecule has 1 saturated heterocycles. The Kier molecular flexibility index (Phi) is 7.67. The number of carbonyl (C=O) groups is 3. The van der Waals surface area contributed by atoms with Crippen LogP contribution in [-0.2, 0) is 30.4 Å². The highest BCUT2D eigenvalue weighted by molar-refractivity contribution is 5.81. The van der Waals surface area contributed by atoms with Gasteiger partial charge in [-0.2, -0.15) is 5.26 Å². The predicted molar refractivity (Wildman–Crippen MR) is 99.7 cm³/mol. The maximum absolute atomic E-state index is 14.0. The number of likely N-dealkylation sites (tertiary alicyclic amines) is 1. The van der Waals surface area contributed by atoms with Gasteiger partial charge in [0.2, 0.25) is 5.91 Å². The normalized spacial score (nSPS) is 19.1. The Morgan fingerprint density at radius 3 is 2.59 bits per heavy atom. The monoisotopic (exact) mass is 405 g/mol. The molecule has 29 heavy (non-hydrogen) atoms. The number of rotatable bonds is 6. The number of piperidine rings is 1. The topological polar surface area (TPSA) is 99.9 Å². The molecule has 1 aliphatic rings. The van der Waals surface area contributed by atoms with Crippen molar-refractivity contribution in [1.82, 2.24) is 9.80 Å². The Bertz CT molecular complexity index is 823. The number of hydrogen-bond acceptors (Lipinski definition) is 7. The highest BCUT2D eigenvalue weighted by Crippen LogP contribution is 2.25. The molecule has 1 fully saturated rings. The van der Waals surface area contributed by atoms with E-state index in [0.29, 0.717) is 18.5 Å². The number of esters is 2. The minimum Gasteiger partial charge on any atom is -0.469 e. The minimum atomic E-state index is -0.742. The number of benzene rings is 1. The molecule has 1 aromatic carbocycles. The van der Waals surface area contributed by atoms with Crippen LogP contribution < -0.4 is 0 Å². The van der Waals surface area contributed by atoms with Crippen LogP contribution in [0.2, 0.25) is 0 Å². The summed E-state index contributed by atoms with van der Waals surface area (Å²) in [5.41, 5.74) is 0.534. The average Bonchev–Trinajstić information content (AvgIpc) is 2.74. The van der Waals surface area contributed by atoms with E-state index < -0.39 is 29.7 Å². The van der Waals surface area contributed by atoms with Gasteiger partial charge in [-0.1, -0.05) is 0 Å². The van der Waals surface area contributed by atoms with Crippen LogP contribution in [-0.4, -0.2) is 68.0 Å². The molecule has 156 valence electrons. The van der Waals surface area contributed by atoms with Crippen molar-refractivity contribution >= 4 is 17.8 Å². The molecule has 0 radical (unpaired) electrons. The van der Waals surface area contributed by atoms with Gasteiger partial charge in [-0.3, -0.25) is 19.3 Å². The molecule has 2 atom stereocenters. The van der Waals surface area contributed by atoms with Gasteiger partial charge in [0.1, 0.15) is 11.9 Å². The summed E-state index contributed by atoms with van der Waals surface area (Å²) in [4.78, 5) is 39.6. The lowest BCUT2D eigenvalue weighted by Gasteiger charge is -2.37. The van der Waals surface area contributed by atoms with Crippen LogP contribution in [0.5, 0.6) is 0 Å². The third-order valence-electron chi connectivity index (χ3n) is 5.07. The van der Waals surface area contributed by atoms with Gasteiger partial charge in [0.15, 0.2) is 0 Å². The fourth-order valence-corrected chi connectivity index (χ4v) is 3.37. The number of nitrogens with zero attached hydrogens (tertiary/aromatic N) is 3. The van der Waals surface area contributed by atoms with E-state index in [9.17, 15) is 18.8 Å². The number of ether oxygens (including phenoxy) is 2. The molecule has 0 saturated carbocycles. The molecule has 0 spiro atoms. The molecule has 9 heteroatoms. The van der Waals surface area contributed by atoms with Crippen molar-refractivity contribution in [2.45, 2.75) is 25.4 Å². The molecule has 0 aliphatic carbocycles. The van der Waals surface area contributed by atoms with Crippen LogP contribution in [0, 0.1) is 23.1 Å². The quantitative estimate of drug-likeness (QED) is 0.653. The number of carbonyl (C=O) groups excluding carboxylic acids is 3. The van der Waals surface area contributed by atoms with Crippen molar-refractivity contribution < 1.29 is 28.2 Å². The van der Waals surface area contributed by atoms with Crippen molar-refractivity contribution in [3.63, 3.8) is 0 Å². The highest BCUT2D eigenvalue weighted by Gasteiger charge is 2.38. The fraction of sp³-hybridized carbons (Fsp3) is 0.500. The molecule has 0 unspecified atom stereocenters.